The first-order chi connectivity index (χ1) is 15.3. The largest absolute Gasteiger partial charge is 0.425 e. The summed E-state index contributed by atoms with van der Waals surface area (Å²) in [7, 11) is 0. The molecule has 0 radical (unpaired) electrons. The summed E-state index contributed by atoms with van der Waals surface area (Å²) in [5.74, 6) is -0.389. The van der Waals surface area contributed by atoms with Crippen LogP contribution >= 0.6 is 0 Å². The number of carbonyl (C=O) groups excluding carboxylic acids is 2. The van der Waals surface area contributed by atoms with E-state index in [2.05, 4.69) is 0 Å². The monoisotopic (exact) mass is 432 g/mol. The zero-order valence-corrected chi connectivity index (χ0v) is 17.8. The Bertz CT molecular complexity index is 1130. The van der Waals surface area contributed by atoms with E-state index in [4.69, 9.17) is 19.7 Å². The molecule has 2 unspecified atom stereocenters. The van der Waals surface area contributed by atoms with Gasteiger partial charge in [-0.3, -0.25) is 0 Å². The zero-order chi connectivity index (χ0) is 23.1. The van der Waals surface area contributed by atoms with Crippen LogP contribution < -0.4 is 9.47 Å². The molecule has 0 aliphatic rings. The molecule has 0 saturated heterocycles. The SMILES string of the molecule is CC(O)C(=O)Oc1ccc2ccccc2c1.CC(O)C(=O)Oc1ccc2ccccc2c1. The molecule has 6 heteroatoms. The highest BCUT2D eigenvalue weighted by atomic mass is 16.6. The minimum atomic E-state index is -1.11. The lowest BCUT2D eigenvalue weighted by Gasteiger charge is -2.06. The molecule has 2 N–H and O–H groups in total. The van der Waals surface area contributed by atoms with Crippen LogP contribution in [0.4, 0.5) is 0 Å². The topological polar surface area (TPSA) is 93.1 Å². The predicted molar refractivity (Wildman–Crippen MR) is 123 cm³/mol. The second-order valence-corrected chi connectivity index (χ2v) is 7.21. The Morgan fingerprint density at radius 1 is 0.594 bits per heavy atom. The molecule has 0 amide bonds. The van der Waals surface area contributed by atoms with Crippen molar-refractivity contribution in [1.29, 1.82) is 0 Å². The van der Waals surface area contributed by atoms with Crippen molar-refractivity contribution in [3.05, 3.63) is 84.9 Å². The highest BCUT2D eigenvalue weighted by Gasteiger charge is 2.12. The van der Waals surface area contributed by atoms with Gasteiger partial charge >= 0.3 is 11.9 Å². The molecule has 6 nitrogen and oxygen atoms in total. The van der Waals surface area contributed by atoms with Gasteiger partial charge < -0.3 is 19.7 Å². The van der Waals surface area contributed by atoms with Crippen molar-refractivity contribution >= 4 is 33.5 Å². The minimum Gasteiger partial charge on any atom is -0.425 e. The average molecular weight is 432 g/mol. The molecule has 0 aromatic heterocycles. The van der Waals surface area contributed by atoms with Crippen LogP contribution in [0.3, 0.4) is 0 Å². The molecular weight excluding hydrogens is 408 g/mol. The van der Waals surface area contributed by atoms with Crippen molar-refractivity contribution in [1.82, 2.24) is 0 Å². The Morgan fingerprint density at radius 3 is 1.28 bits per heavy atom. The smallest absolute Gasteiger partial charge is 0.340 e. The highest BCUT2D eigenvalue weighted by molar-refractivity contribution is 5.86. The van der Waals surface area contributed by atoms with Gasteiger partial charge in [-0.2, -0.15) is 0 Å². The van der Waals surface area contributed by atoms with Crippen LogP contribution in [0.15, 0.2) is 84.9 Å². The molecule has 4 aromatic rings. The van der Waals surface area contributed by atoms with Crippen molar-refractivity contribution in [2.24, 2.45) is 0 Å². The minimum absolute atomic E-state index is 0.449. The Morgan fingerprint density at radius 2 is 0.938 bits per heavy atom. The third kappa shape index (κ3) is 6.14. The Labute approximate surface area is 185 Å². The standard InChI is InChI=1S/2C13H12O3/c2*1-9(14)13(15)16-12-7-6-10-4-2-3-5-11(10)8-12/h2*2-9,14H,1H3. The fourth-order valence-electron chi connectivity index (χ4n) is 2.86. The molecule has 0 heterocycles. The summed E-state index contributed by atoms with van der Waals surface area (Å²) in [5, 5.41) is 22.2. The third-order valence-corrected chi connectivity index (χ3v) is 4.56. The number of aliphatic hydroxyl groups is 2. The van der Waals surface area contributed by atoms with E-state index >= 15 is 0 Å². The van der Waals surface area contributed by atoms with E-state index in [-0.39, 0.29) is 0 Å². The first-order valence-electron chi connectivity index (χ1n) is 10.1. The van der Waals surface area contributed by atoms with Crippen LogP contribution in [0.5, 0.6) is 11.5 Å². The van der Waals surface area contributed by atoms with E-state index in [1.165, 1.54) is 13.8 Å². The molecule has 2 atom stereocenters. The first-order valence-corrected chi connectivity index (χ1v) is 10.1. The van der Waals surface area contributed by atoms with Crippen molar-refractivity contribution in [3.8, 4) is 11.5 Å². The quantitative estimate of drug-likeness (QED) is 0.370. The van der Waals surface area contributed by atoms with E-state index in [1.807, 2.05) is 60.7 Å². The Kier molecular flexibility index (Phi) is 7.54. The van der Waals surface area contributed by atoms with Crippen LogP contribution in [0.25, 0.3) is 21.5 Å². The van der Waals surface area contributed by atoms with Gasteiger partial charge in [0, 0.05) is 0 Å². The molecule has 4 rings (SSSR count). The number of esters is 2. The second kappa shape index (κ2) is 10.5. The fourth-order valence-corrected chi connectivity index (χ4v) is 2.86. The molecule has 0 bridgehead atoms. The molecule has 0 saturated carbocycles. The van der Waals surface area contributed by atoms with Crippen molar-refractivity contribution < 1.29 is 29.3 Å². The van der Waals surface area contributed by atoms with Crippen molar-refractivity contribution in [3.63, 3.8) is 0 Å². The lowest BCUT2D eigenvalue weighted by atomic mass is 10.1. The number of rotatable bonds is 4. The number of aliphatic hydroxyl groups excluding tert-OH is 2. The number of ether oxygens (including phenoxy) is 2. The zero-order valence-electron chi connectivity index (χ0n) is 17.8. The Hall–Kier alpha value is -3.74. The first kappa shape index (κ1) is 22.9. The Balaban J connectivity index is 0.000000181. The second-order valence-electron chi connectivity index (χ2n) is 7.21. The predicted octanol–water partition coefficient (Wildman–Crippen LogP) is 4.25. The summed E-state index contributed by atoms with van der Waals surface area (Å²) in [6, 6.07) is 26.3. The van der Waals surface area contributed by atoms with Gasteiger partial charge in [-0.25, -0.2) is 9.59 Å². The van der Waals surface area contributed by atoms with E-state index < -0.39 is 24.1 Å². The number of benzene rings is 4. The van der Waals surface area contributed by atoms with Gasteiger partial charge in [0.25, 0.3) is 0 Å². The van der Waals surface area contributed by atoms with Crippen molar-refractivity contribution in [2.45, 2.75) is 26.1 Å². The summed E-state index contributed by atoms with van der Waals surface area (Å²) >= 11 is 0. The van der Waals surface area contributed by atoms with Crippen LogP contribution in [-0.4, -0.2) is 34.4 Å². The average Bonchev–Trinajstić information content (AvgIpc) is 2.79. The van der Waals surface area contributed by atoms with E-state index in [0.29, 0.717) is 11.5 Å². The number of fused-ring (bicyclic) bond motifs is 2. The fraction of sp³-hybridized carbons (Fsp3) is 0.154. The number of hydrogen-bond donors (Lipinski definition) is 2. The van der Waals surface area contributed by atoms with E-state index in [0.717, 1.165) is 21.5 Å². The lowest BCUT2D eigenvalue weighted by Crippen LogP contribution is -2.22. The summed E-state index contributed by atoms with van der Waals surface area (Å²) in [6.45, 7) is 2.76. The van der Waals surface area contributed by atoms with Gasteiger partial charge in [0.2, 0.25) is 0 Å². The molecule has 0 fully saturated rings. The maximum absolute atomic E-state index is 11.2. The summed E-state index contributed by atoms with van der Waals surface area (Å²) in [5.41, 5.74) is 0. The van der Waals surface area contributed by atoms with Crippen LogP contribution in [0, 0.1) is 0 Å². The van der Waals surface area contributed by atoms with Gasteiger partial charge in [-0.1, -0.05) is 60.7 Å². The van der Waals surface area contributed by atoms with Gasteiger partial charge in [0.05, 0.1) is 0 Å². The van der Waals surface area contributed by atoms with Crippen molar-refractivity contribution in [2.75, 3.05) is 0 Å². The lowest BCUT2D eigenvalue weighted by molar-refractivity contribution is -0.143. The maximum atomic E-state index is 11.2. The molecule has 4 aromatic carbocycles. The summed E-state index contributed by atoms with van der Waals surface area (Å²) in [4.78, 5) is 22.4. The highest BCUT2D eigenvalue weighted by Crippen LogP contribution is 2.21. The summed E-state index contributed by atoms with van der Waals surface area (Å²) in [6.07, 6.45) is -2.21. The molecule has 32 heavy (non-hydrogen) atoms. The van der Waals surface area contributed by atoms with Gasteiger partial charge in [0.1, 0.15) is 23.7 Å². The number of hydrogen-bond acceptors (Lipinski definition) is 6. The van der Waals surface area contributed by atoms with E-state index in [1.54, 1.807) is 24.3 Å². The normalized spacial score (nSPS) is 12.4. The number of carbonyl (C=O) groups is 2. The van der Waals surface area contributed by atoms with Gasteiger partial charge in [-0.15, -0.1) is 0 Å². The molecule has 0 aliphatic heterocycles. The molecule has 164 valence electrons. The van der Waals surface area contributed by atoms with Crippen LogP contribution in [0.2, 0.25) is 0 Å². The summed E-state index contributed by atoms with van der Waals surface area (Å²) < 4.78 is 9.99. The molecule has 0 aliphatic carbocycles. The van der Waals surface area contributed by atoms with E-state index in [9.17, 15) is 9.59 Å². The van der Waals surface area contributed by atoms with Gasteiger partial charge in [-0.05, 0) is 59.7 Å². The van der Waals surface area contributed by atoms with Gasteiger partial charge in [0.15, 0.2) is 0 Å². The molecule has 0 spiro atoms. The third-order valence-electron chi connectivity index (χ3n) is 4.56. The molecular formula is C26H24O6. The van der Waals surface area contributed by atoms with Crippen LogP contribution in [0.1, 0.15) is 13.8 Å². The van der Waals surface area contributed by atoms with Crippen LogP contribution in [-0.2, 0) is 9.59 Å². The maximum Gasteiger partial charge on any atom is 0.340 e.